The Balaban J connectivity index is 1.39. The summed E-state index contributed by atoms with van der Waals surface area (Å²) in [5.74, 6) is 0.0692. The number of carbonyl (C=O) groups excluding carboxylic acids is 2. The third kappa shape index (κ3) is 3.96. The number of ether oxygens (including phenoxy) is 1. The molecule has 1 aliphatic rings. The molecule has 2 amide bonds. The van der Waals surface area contributed by atoms with E-state index < -0.39 is 5.92 Å². The zero-order chi connectivity index (χ0) is 20.2. The van der Waals surface area contributed by atoms with E-state index >= 15 is 0 Å². The Labute approximate surface area is 167 Å². The van der Waals surface area contributed by atoms with Crippen molar-refractivity contribution < 1.29 is 19.0 Å². The quantitative estimate of drug-likeness (QED) is 0.692. The van der Waals surface area contributed by atoms with Crippen molar-refractivity contribution in [2.45, 2.75) is 13.0 Å². The summed E-state index contributed by atoms with van der Waals surface area (Å²) in [6.07, 6.45) is 0.184. The monoisotopic (exact) mass is 392 g/mol. The van der Waals surface area contributed by atoms with Gasteiger partial charge in [-0.2, -0.15) is 0 Å². The smallest absolute Gasteiger partial charge is 0.227 e. The minimum absolute atomic E-state index is 0.0571. The molecule has 1 unspecified atom stereocenters. The van der Waals surface area contributed by atoms with Crippen molar-refractivity contribution in [2.75, 3.05) is 18.6 Å². The number of anilines is 1. The molecule has 1 aromatic heterocycles. The summed E-state index contributed by atoms with van der Waals surface area (Å²) in [5, 5.41) is 10.7. The molecule has 2 aromatic carbocycles. The molecule has 0 spiro atoms. The Morgan fingerprint density at radius 1 is 1.17 bits per heavy atom. The van der Waals surface area contributed by atoms with Gasteiger partial charge in [0.15, 0.2) is 0 Å². The number of para-hydroxylation sites is 1. The molecule has 1 fully saturated rings. The molecule has 1 saturated heterocycles. The molecule has 0 aliphatic carbocycles. The van der Waals surface area contributed by atoms with Crippen molar-refractivity contribution in [2.24, 2.45) is 5.92 Å². The zero-order valence-electron chi connectivity index (χ0n) is 15.9. The van der Waals surface area contributed by atoms with Gasteiger partial charge in [0.25, 0.3) is 0 Å². The van der Waals surface area contributed by atoms with E-state index in [2.05, 4.69) is 15.6 Å². The molecular weight excluding hydrogens is 372 g/mol. The van der Waals surface area contributed by atoms with Crippen molar-refractivity contribution in [1.29, 1.82) is 0 Å². The lowest BCUT2D eigenvalue weighted by atomic mass is 10.1. The third-order valence-electron chi connectivity index (χ3n) is 4.91. The van der Waals surface area contributed by atoms with Crippen molar-refractivity contribution in [3.05, 3.63) is 60.3 Å². The molecule has 1 aliphatic heterocycles. The predicted octanol–water partition coefficient (Wildman–Crippen LogP) is 2.41. The van der Waals surface area contributed by atoms with Crippen LogP contribution in [0.1, 0.15) is 12.1 Å². The highest BCUT2D eigenvalue weighted by Crippen LogP contribution is 2.26. The molecule has 0 saturated carbocycles. The zero-order valence-corrected chi connectivity index (χ0v) is 15.9. The summed E-state index contributed by atoms with van der Waals surface area (Å²) in [7, 11) is 1.60. The minimum Gasteiger partial charge on any atom is -0.497 e. The maximum absolute atomic E-state index is 12.6. The maximum Gasteiger partial charge on any atom is 0.227 e. The second kappa shape index (κ2) is 8.14. The molecule has 0 radical (unpaired) electrons. The Kier molecular flexibility index (Phi) is 5.24. The molecule has 1 atom stereocenters. The van der Waals surface area contributed by atoms with Gasteiger partial charge in [0.1, 0.15) is 17.1 Å². The standard InChI is InChI=1S/C21H20N4O4/c1-28-17-9-7-14(8-10-17)20-18(23-29-24-20)12-22-21(27)15-11-19(26)25(13-15)16-5-3-2-4-6-16/h2-10,15H,11-13H2,1H3,(H,22,27). The van der Waals surface area contributed by atoms with E-state index in [9.17, 15) is 9.59 Å². The lowest BCUT2D eigenvalue weighted by Crippen LogP contribution is -2.32. The van der Waals surface area contributed by atoms with Crippen LogP contribution in [-0.2, 0) is 16.1 Å². The molecule has 29 heavy (non-hydrogen) atoms. The summed E-state index contributed by atoms with van der Waals surface area (Å²) in [6.45, 7) is 0.525. The lowest BCUT2D eigenvalue weighted by molar-refractivity contribution is -0.126. The summed E-state index contributed by atoms with van der Waals surface area (Å²) >= 11 is 0. The van der Waals surface area contributed by atoms with Crippen molar-refractivity contribution in [1.82, 2.24) is 15.6 Å². The highest BCUT2D eigenvalue weighted by molar-refractivity contribution is 6.00. The van der Waals surface area contributed by atoms with Crippen LogP contribution in [0.15, 0.2) is 59.2 Å². The summed E-state index contributed by atoms with van der Waals surface area (Å²) in [6, 6.07) is 16.7. The number of methoxy groups -OCH3 is 1. The van der Waals surface area contributed by atoms with E-state index in [1.807, 2.05) is 54.6 Å². The van der Waals surface area contributed by atoms with Crippen LogP contribution in [-0.4, -0.2) is 35.8 Å². The van der Waals surface area contributed by atoms with E-state index in [0.29, 0.717) is 17.9 Å². The van der Waals surface area contributed by atoms with Gasteiger partial charge in [-0.15, -0.1) is 0 Å². The van der Waals surface area contributed by atoms with E-state index in [4.69, 9.17) is 9.37 Å². The minimum atomic E-state index is -0.410. The summed E-state index contributed by atoms with van der Waals surface area (Å²) in [4.78, 5) is 26.6. The van der Waals surface area contributed by atoms with Gasteiger partial charge in [0.05, 0.1) is 19.6 Å². The number of rotatable bonds is 6. The van der Waals surface area contributed by atoms with Gasteiger partial charge >= 0.3 is 0 Å². The molecule has 4 rings (SSSR count). The number of benzene rings is 2. The molecule has 148 valence electrons. The second-order valence-corrected chi connectivity index (χ2v) is 6.75. The average molecular weight is 392 g/mol. The van der Waals surface area contributed by atoms with Gasteiger partial charge in [-0.25, -0.2) is 4.63 Å². The SMILES string of the molecule is COc1ccc(-c2nonc2CNC(=O)C2CC(=O)N(c3ccccc3)C2)cc1. The number of amides is 2. The molecular formula is C21H20N4O4. The fourth-order valence-electron chi connectivity index (χ4n) is 3.35. The molecule has 1 N–H and O–H groups in total. The van der Waals surface area contributed by atoms with Crippen LogP contribution in [0, 0.1) is 5.92 Å². The van der Waals surface area contributed by atoms with Gasteiger partial charge in [0, 0.05) is 24.2 Å². The van der Waals surface area contributed by atoms with Crippen LogP contribution in [0.5, 0.6) is 5.75 Å². The Hall–Kier alpha value is -3.68. The lowest BCUT2D eigenvalue weighted by Gasteiger charge is -2.16. The van der Waals surface area contributed by atoms with Gasteiger partial charge in [-0.1, -0.05) is 23.4 Å². The normalized spacial score (nSPS) is 16.1. The first-order valence-corrected chi connectivity index (χ1v) is 9.24. The highest BCUT2D eigenvalue weighted by Gasteiger charge is 2.35. The first-order valence-electron chi connectivity index (χ1n) is 9.24. The van der Waals surface area contributed by atoms with Crippen LogP contribution in [0.4, 0.5) is 5.69 Å². The summed E-state index contributed by atoms with van der Waals surface area (Å²) < 4.78 is 10.0. The first-order chi connectivity index (χ1) is 14.2. The molecule has 3 aromatic rings. The predicted molar refractivity (Wildman–Crippen MR) is 105 cm³/mol. The molecule has 2 heterocycles. The highest BCUT2D eigenvalue weighted by atomic mass is 16.6. The maximum atomic E-state index is 12.6. The van der Waals surface area contributed by atoms with E-state index in [0.717, 1.165) is 17.0 Å². The van der Waals surface area contributed by atoms with Crippen LogP contribution in [0.2, 0.25) is 0 Å². The van der Waals surface area contributed by atoms with Gasteiger partial charge in [0.2, 0.25) is 11.8 Å². The topological polar surface area (TPSA) is 97.6 Å². The fraction of sp³-hybridized carbons (Fsp3) is 0.238. The van der Waals surface area contributed by atoms with Crippen molar-refractivity contribution >= 4 is 17.5 Å². The fourth-order valence-corrected chi connectivity index (χ4v) is 3.35. The molecule has 8 heteroatoms. The Morgan fingerprint density at radius 2 is 1.93 bits per heavy atom. The number of nitrogens with zero attached hydrogens (tertiary/aromatic N) is 3. The Bertz CT molecular complexity index is 1000. The number of hydrogen-bond donors (Lipinski definition) is 1. The van der Waals surface area contributed by atoms with Gasteiger partial charge in [-0.3, -0.25) is 9.59 Å². The molecule has 8 nitrogen and oxygen atoms in total. The van der Waals surface area contributed by atoms with Crippen LogP contribution < -0.4 is 15.0 Å². The molecule has 0 bridgehead atoms. The summed E-state index contributed by atoms with van der Waals surface area (Å²) in [5.41, 5.74) is 2.69. The van der Waals surface area contributed by atoms with Crippen LogP contribution >= 0.6 is 0 Å². The Morgan fingerprint density at radius 3 is 2.66 bits per heavy atom. The first kappa shape index (κ1) is 18.7. The average Bonchev–Trinajstić information content (AvgIpc) is 3.39. The van der Waals surface area contributed by atoms with E-state index in [1.54, 1.807) is 12.0 Å². The number of aromatic nitrogens is 2. The van der Waals surface area contributed by atoms with E-state index in [1.165, 1.54) is 0 Å². The van der Waals surface area contributed by atoms with Crippen molar-refractivity contribution in [3.8, 4) is 17.0 Å². The largest absolute Gasteiger partial charge is 0.497 e. The number of hydrogen-bond acceptors (Lipinski definition) is 6. The van der Waals surface area contributed by atoms with E-state index in [-0.39, 0.29) is 24.8 Å². The van der Waals surface area contributed by atoms with Crippen LogP contribution in [0.3, 0.4) is 0 Å². The van der Waals surface area contributed by atoms with Crippen molar-refractivity contribution in [3.63, 3.8) is 0 Å². The second-order valence-electron chi connectivity index (χ2n) is 6.75. The number of nitrogens with one attached hydrogen (secondary N) is 1. The van der Waals surface area contributed by atoms with Gasteiger partial charge < -0.3 is 15.0 Å². The van der Waals surface area contributed by atoms with Gasteiger partial charge in [-0.05, 0) is 41.6 Å². The third-order valence-corrected chi connectivity index (χ3v) is 4.91. The van der Waals surface area contributed by atoms with Crippen LogP contribution in [0.25, 0.3) is 11.3 Å². The number of carbonyl (C=O) groups is 2.